The number of carbonyl (C=O) groups excluding carboxylic acids is 1. The van der Waals surface area contributed by atoms with Crippen LogP contribution >= 0.6 is 0 Å². The molecule has 2 aromatic carbocycles. The second kappa shape index (κ2) is 9.92. The van der Waals surface area contributed by atoms with Crippen molar-refractivity contribution in [2.24, 2.45) is 0 Å². The third-order valence-corrected chi connectivity index (χ3v) is 6.61. The number of alkyl carbamates (subject to hydrolysis) is 1. The number of ether oxygens (including phenoxy) is 2. The van der Waals surface area contributed by atoms with Crippen molar-refractivity contribution in [1.29, 1.82) is 0 Å². The molecule has 206 valence electrons. The summed E-state index contributed by atoms with van der Waals surface area (Å²) in [5.41, 5.74) is -4.04. The number of carboxylic acids is 1. The number of hydrogen-bond donors (Lipinski definition) is 3. The maximum atomic E-state index is 15.1. The highest BCUT2D eigenvalue weighted by atomic mass is 19.1. The topological polar surface area (TPSA) is 118 Å². The highest BCUT2D eigenvalue weighted by Crippen LogP contribution is 2.47. The van der Waals surface area contributed by atoms with Gasteiger partial charge in [0.2, 0.25) is 0 Å². The lowest BCUT2D eigenvalue weighted by atomic mass is 9.81. The lowest BCUT2D eigenvalue weighted by Gasteiger charge is -2.31. The van der Waals surface area contributed by atoms with E-state index in [9.17, 15) is 24.2 Å². The number of nitrogens with zero attached hydrogens (tertiary/aromatic N) is 1. The molecule has 0 unspecified atom stereocenters. The van der Waals surface area contributed by atoms with E-state index in [-0.39, 0.29) is 40.4 Å². The largest absolute Gasteiger partial charge is 0.489 e. The maximum Gasteiger partial charge on any atom is 0.407 e. The van der Waals surface area contributed by atoms with Crippen molar-refractivity contribution in [3.8, 4) is 17.0 Å². The SMILES string of the molecule is Cc1cc(-c2nc([C@@](O)(CNC(=O)OC(C)(C)C)c3ccccc3)cc3c2OC[C@]3(C)C(=O)O)c(F)cc1F. The minimum atomic E-state index is -2.00. The van der Waals surface area contributed by atoms with Crippen LogP contribution in [0.15, 0.2) is 48.5 Å². The van der Waals surface area contributed by atoms with Gasteiger partial charge in [-0.15, -0.1) is 0 Å². The van der Waals surface area contributed by atoms with Gasteiger partial charge in [0.05, 0.1) is 12.2 Å². The van der Waals surface area contributed by atoms with Crippen LogP contribution in [0, 0.1) is 18.6 Å². The molecule has 8 nitrogen and oxygen atoms in total. The highest BCUT2D eigenvalue weighted by Gasteiger charge is 2.47. The Bertz CT molecular complexity index is 1440. The van der Waals surface area contributed by atoms with Gasteiger partial charge in [0.1, 0.15) is 46.3 Å². The van der Waals surface area contributed by atoms with E-state index in [0.29, 0.717) is 11.6 Å². The van der Waals surface area contributed by atoms with Gasteiger partial charge in [0, 0.05) is 17.2 Å². The molecule has 0 spiro atoms. The van der Waals surface area contributed by atoms with E-state index in [2.05, 4.69) is 10.3 Å². The smallest absolute Gasteiger partial charge is 0.407 e. The monoisotopic (exact) mass is 540 g/mol. The van der Waals surface area contributed by atoms with Crippen LogP contribution in [-0.2, 0) is 20.5 Å². The minimum Gasteiger partial charge on any atom is -0.489 e. The molecule has 2 heterocycles. The molecule has 10 heteroatoms. The fourth-order valence-electron chi connectivity index (χ4n) is 4.36. The van der Waals surface area contributed by atoms with Crippen LogP contribution in [0.3, 0.4) is 0 Å². The zero-order valence-electron chi connectivity index (χ0n) is 22.3. The van der Waals surface area contributed by atoms with Gasteiger partial charge in [-0.1, -0.05) is 30.3 Å². The number of hydrogen-bond acceptors (Lipinski definition) is 6. The Balaban J connectivity index is 1.95. The summed E-state index contributed by atoms with van der Waals surface area (Å²) < 4.78 is 40.3. The van der Waals surface area contributed by atoms with Gasteiger partial charge in [0.15, 0.2) is 0 Å². The van der Waals surface area contributed by atoms with E-state index in [0.717, 1.165) is 0 Å². The number of rotatable bonds is 6. The van der Waals surface area contributed by atoms with Gasteiger partial charge < -0.3 is 25.0 Å². The van der Waals surface area contributed by atoms with Crippen LogP contribution in [0.2, 0.25) is 0 Å². The molecular weight excluding hydrogens is 510 g/mol. The summed E-state index contributed by atoms with van der Waals surface area (Å²) in [6.07, 6.45) is -0.794. The van der Waals surface area contributed by atoms with Crippen molar-refractivity contribution in [2.75, 3.05) is 13.2 Å². The number of aromatic nitrogens is 1. The van der Waals surface area contributed by atoms with E-state index >= 15 is 4.39 Å². The Kier molecular flexibility index (Phi) is 7.12. The fourth-order valence-corrected chi connectivity index (χ4v) is 4.36. The number of benzene rings is 2. The molecule has 39 heavy (non-hydrogen) atoms. The number of carbonyl (C=O) groups is 2. The summed E-state index contributed by atoms with van der Waals surface area (Å²) >= 11 is 0. The van der Waals surface area contributed by atoms with E-state index in [4.69, 9.17) is 9.47 Å². The standard InChI is InChI=1S/C29H30F2N2O6/c1-16-11-18(21(31)13-20(16)30)23-24-19(28(5,15-38-24)25(34)35)12-22(33-23)29(37,17-9-7-6-8-10-17)14-32-26(36)39-27(2,3)4/h6-13,37H,14-15H2,1-5H3,(H,32,36)(H,34,35)/t28-,29+/m0/s1. The molecule has 1 aliphatic rings. The summed E-state index contributed by atoms with van der Waals surface area (Å²) in [6.45, 7) is 7.30. The van der Waals surface area contributed by atoms with Crippen molar-refractivity contribution >= 4 is 12.1 Å². The number of fused-ring (bicyclic) bond motifs is 1. The number of aliphatic hydroxyl groups is 1. The summed E-state index contributed by atoms with van der Waals surface area (Å²) in [5, 5.41) is 24.7. The second-order valence-corrected chi connectivity index (χ2v) is 10.8. The number of amides is 1. The molecule has 0 radical (unpaired) electrons. The third kappa shape index (κ3) is 5.29. The molecule has 3 N–H and O–H groups in total. The Morgan fingerprint density at radius 1 is 1.13 bits per heavy atom. The van der Waals surface area contributed by atoms with Crippen LogP contribution < -0.4 is 10.1 Å². The van der Waals surface area contributed by atoms with Gasteiger partial charge in [-0.25, -0.2) is 18.6 Å². The van der Waals surface area contributed by atoms with Crippen LogP contribution in [-0.4, -0.2) is 46.0 Å². The first-order chi connectivity index (χ1) is 18.2. The minimum absolute atomic E-state index is 0.0177. The second-order valence-electron chi connectivity index (χ2n) is 10.8. The van der Waals surface area contributed by atoms with Crippen LogP contribution in [0.1, 0.15) is 50.1 Å². The number of carboxylic acid groups (broad SMARTS) is 1. The first-order valence-electron chi connectivity index (χ1n) is 12.3. The molecule has 4 rings (SSSR count). The molecule has 0 fully saturated rings. The molecule has 1 aromatic heterocycles. The molecular formula is C29H30F2N2O6. The normalized spacial score (nSPS) is 18.1. The van der Waals surface area contributed by atoms with Crippen molar-refractivity contribution in [3.63, 3.8) is 0 Å². The average molecular weight is 541 g/mol. The average Bonchev–Trinajstić information content (AvgIpc) is 3.22. The van der Waals surface area contributed by atoms with Crippen LogP contribution in [0.5, 0.6) is 5.75 Å². The third-order valence-electron chi connectivity index (χ3n) is 6.61. The van der Waals surface area contributed by atoms with Crippen LogP contribution in [0.25, 0.3) is 11.3 Å². The molecule has 0 saturated carbocycles. The quantitative estimate of drug-likeness (QED) is 0.410. The van der Waals surface area contributed by atoms with E-state index in [1.807, 2.05) is 0 Å². The number of aryl methyl sites for hydroxylation is 1. The first-order valence-corrected chi connectivity index (χ1v) is 12.3. The Labute approximate surface area is 224 Å². The van der Waals surface area contributed by atoms with Crippen molar-refractivity contribution in [3.05, 3.63) is 82.5 Å². The molecule has 1 aliphatic heterocycles. The zero-order chi connectivity index (χ0) is 28.8. The molecule has 0 aliphatic carbocycles. The lowest BCUT2D eigenvalue weighted by molar-refractivity contribution is -0.143. The summed E-state index contributed by atoms with van der Waals surface area (Å²) in [4.78, 5) is 29.4. The van der Waals surface area contributed by atoms with Crippen molar-refractivity contribution < 1.29 is 38.1 Å². The van der Waals surface area contributed by atoms with Gasteiger partial charge in [0.25, 0.3) is 0 Å². The molecule has 0 bridgehead atoms. The Morgan fingerprint density at radius 3 is 2.41 bits per heavy atom. The fraction of sp³-hybridized carbons (Fsp3) is 0.345. The predicted molar refractivity (Wildman–Crippen MR) is 138 cm³/mol. The molecule has 0 saturated heterocycles. The lowest BCUT2D eigenvalue weighted by Crippen LogP contribution is -2.44. The number of pyridine rings is 1. The maximum absolute atomic E-state index is 15.1. The van der Waals surface area contributed by atoms with Crippen molar-refractivity contribution in [2.45, 2.75) is 51.2 Å². The van der Waals surface area contributed by atoms with Gasteiger partial charge >= 0.3 is 12.1 Å². The number of nitrogens with one attached hydrogen (secondary N) is 1. The molecule has 1 amide bonds. The van der Waals surface area contributed by atoms with E-state index in [1.54, 1.807) is 51.1 Å². The number of halogens is 2. The van der Waals surface area contributed by atoms with Gasteiger partial charge in [-0.2, -0.15) is 0 Å². The molecule has 2 atom stereocenters. The van der Waals surface area contributed by atoms with Crippen molar-refractivity contribution in [1.82, 2.24) is 10.3 Å². The summed E-state index contributed by atoms with van der Waals surface area (Å²) in [6, 6.07) is 11.7. The Hall–Kier alpha value is -4.05. The predicted octanol–water partition coefficient (Wildman–Crippen LogP) is 4.83. The number of aliphatic carboxylic acids is 1. The Morgan fingerprint density at radius 2 is 1.79 bits per heavy atom. The zero-order valence-corrected chi connectivity index (χ0v) is 22.3. The van der Waals surface area contributed by atoms with E-state index < -0.39 is 46.9 Å². The van der Waals surface area contributed by atoms with Crippen LogP contribution in [0.4, 0.5) is 13.6 Å². The first kappa shape index (κ1) is 28.0. The molecule has 3 aromatic rings. The van der Waals surface area contributed by atoms with Gasteiger partial charge in [-0.05, 0) is 57.9 Å². The highest BCUT2D eigenvalue weighted by molar-refractivity contribution is 5.86. The van der Waals surface area contributed by atoms with Gasteiger partial charge in [-0.3, -0.25) is 4.79 Å². The summed E-state index contributed by atoms with van der Waals surface area (Å²) in [7, 11) is 0. The summed E-state index contributed by atoms with van der Waals surface area (Å²) in [5.74, 6) is -2.88. The van der Waals surface area contributed by atoms with E-state index in [1.165, 1.54) is 26.0 Å².